The van der Waals surface area contributed by atoms with Crippen LogP contribution in [0.4, 0.5) is 0 Å². The third-order valence-corrected chi connectivity index (χ3v) is 4.76. The molecule has 2 unspecified atom stereocenters. The van der Waals surface area contributed by atoms with E-state index in [1.807, 2.05) is 61.6 Å². The van der Waals surface area contributed by atoms with Crippen molar-refractivity contribution in [1.82, 2.24) is 0 Å². The second-order valence-corrected chi connectivity index (χ2v) is 6.76. The van der Waals surface area contributed by atoms with E-state index in [0.29, 0.717) is 6.42 Å². The van der Waals surface area contributed by atoms with Gasteiger partial charge < -0.3 is 9.84 Å². The summed E-state index contributed by atoms with van der Waals surface area (Å²) in [5, 5.41) is 9.68. The van der Waals surface area contributed by atoms with E-state index in [9.17, 15) is 9.90 Å². The number of carbonyl (C=O) groups excluding carboxylic acids is 1. The van der Waals surface area contributed by atoms with E-state index in [2.05, 4.69) is 15.9 Å². The fourth-order valence-electron chi connectivity index (χ4n) is 2.72. The van der Waals surface area contributed by atoms with E-state index in [0.717, 1.165) is 15.6 Å². The van der Waals surface area contributed by atoms with Crippen LogP contribution < -0.4 is 0 Å². The maximum atomic E-state index is 12.0. The van der Waals surface area contributed by atoms with Crippen molar-refractivity contribution < 1.29 is 14.6 Å². The van der Waals surface area contributed by atoms with Crippen molar-refractivity contribution in [3.8, 4) is 0 Å². The summed E-state index contributed by atoms with van der Waals surface area (Å²) in [5.41, 5.74) is 1.46. The lowest BCUT2D eigenvalue weighted by atomic mass is 9.71. The highest BCUT2D eigenvalue weighted by Crippen LogP contribution is 2.38. The van der Waals surface area contributed by atoms with Crippen molar-refractivity contribution in [1.29, 1.82) is 0 Å². The lowest BCUT2D eigenvalue weighted by molar-refractivity contribution is -0.146. The molecule has 3 nitrogen and oxygen atoms in total. The first kappa shape index (κ1) is 17.7. The molecule has 1 aliphatic carbocycles. The van der Waals surface area contributed by atoms with Gasteiger partial charge in [-0.2, -0.15) is 0 Å². The number of hydrogen-bond donors (Lipinski definition) is 1. The van der Waals surface area contributed by atoms with Gasteiger partial charge in [-0.1, -0.05) is 65.4 Å². The van der Waals surface area contributed by atoms with Crippen molar-refractivity contribution in [3.05, 3.63) is 64.7 Å². The Morgan fingerprint density at radius 2 is 2.04 bits per heavy atom. The lowest BCUT2D eigenvalue weighted by Crippen LogP contribution is -2.32. The molecule has 0 radical (unpaired) electrons. The summed E-state index contributed by atoms with van der Waals surface area (Å²) in [6, 6.07) is 7.81. The number of halogens is 1. The van der Waals surface area contributed by atoms with Crippen molar-refractivity contribution in [2.75, 3.05) is 13.7 Å². The molecule has 0 fully saturated rings. The van der Waals surface area contributed by atoms with Gasteiger partial charge in [-0.3, -0.25) is 4.79 Å². The van der Waals surface area contributed by atoms with Crippen molar-refractivity contribution >= 4 is 27.5 Å². The molecule has 4 heteroatoms. The molecule has 0 saturated heterocycles. The van der Waals surface area contributed by atoms with Gasteiger partial charge in [0.05, 0.1) is 19.6 Å². The molecule has 23 heavy (non-hydrogen) atoms. The normalized spacial score (nSPS) is 23.8. The Morgan fingerprint density at radius 3 is 2.65 bits per heavy atom. The summed E-state index contributed by atoms with van der Waals surface area (Å²) >= 11 is 3.41. The zero-order valence-electron chi connectivity index (χ0n) is 13.3. The Balaban J connectivity index is 2.24. The molecule has 2 atom stereocenters. The summed E-state index contributed by atoms with van der Waals surface area (Å²) in [6.45, 7) is 1.99. The fraction of sp³-hybridized carbons (Fsp3) is 0.316. The number of allylic oxidation sites excluding steroid dienone is 4. The number of ether oxygens (including phenoxy) is 1. The number of aliphatic hydroxyl groups excluding tert-OH is 1. The SMILES string of the molecule is COC(=O)C1C=CC=CC1(C)C/C=C(\CO)c1ccc(Br)cc1. The van der Waals surface area contributed by atoms with Crippen molar-refractivity contribution in [2.45, 2.75) is 13.3 Å². The van der Waals surface area contributed by atoms with Crippen LogP contribution in [0.25, 0.3) is 5.57 Å². The highest BCUT2D eigenvalue weighted by Gasteiger charge is 2.36. The van der Waals surface area contributed by atoms with Gasteiger partial charge >= 0.3 is 5.97 Å². The Hall–Kier alpha value is -1.65. The number of benzene rings is 1. The minimum atomic E-state index is -0.363. The number of aliphatic hydroxyl groups is 1. The molecule has 0 amide bonds. The molecule has 0 bridgehead atoms. The predicted molar refractivity (Wildman–Crippen MR) is 95.7 cm³/mol. The van der Waals surface area contributed by atoms with Gasteiger partial charge in [0, 0.05) is 9.89 Å². The van der Waals surface area contributed by atoms with Crippen LogP contribution in [-0.2, 0) is 9.53 Å². The van der Waals surface area contributed by atoms with E-state index in [-0.39, 0.29) is 23.9 Å². The summed E-state index contributed by atoms with van der Waals surface area (Å²) in [4.78, 5) is 12.0. The molecule has 1 aromatic rings. The summed E-state index contributed by atoms with van der Waals surface area (Å²) < 4.78 is 5.91. The lowest BCUT2D eigenvalue weighted by Gasteiger charge is -2.32. The summed E-state index contributed by atoms with van der Waals surface area (Å²) in [6.07, 6.45) is 10.4. The third kappa shape index (κ3) is 4.21. The van der Waals surface area contributed by atoms with Gasteiger partial charge in [-0.05, 0) is 29.7 Å². The van der Waals surface area contributed by atoms with E-state index < -0.39 is 0 Å². The third-order valence-electron chi connectivity index (χ3n) is 4.23. The van der Waals surface area contributed by atoms with E-state index >= 15 is 0 Å². The molecule has 122 valence electrons. The van der Waals surface area contributed by atoms with Crippen LogP contribution in [0.15, 0.2) is 59.1 Å². The molecular weight excluding hydrogens is 356 g/mol. The maximum absolute atomic E-state index is 12.0. The van der Waals surface area contributed by atoms with Gasteiger partial charge in [-0.25, -0.2) is 0 Å². The molecule has 1 N–H and O–H groups in total. The fourth-order valence-corrected chi connectivity index (χ4v) is 2.99. The average molecular weight is 377 g/mol. The number of hydrogen-bond acceptors (Lipinski definition) is 3. The highest BCUT2D eigenvalue weighted by molar-refractivity contribution is 9.10. The zero-order chi connectivity index (χ0) is 16.9. The maximum Gasteiger partial charge on any atom is 0.313 e. The van der Waals surface area contributed by atoms with E-state index in [4.69, 9.17) is 4.74 Å². The van der Waals surface area contributed by atoms with Crippen LogP contribution in [0.2, 0.25) is 0 Å². The zero-order valence-corrected chi connectivity index (χ0v) is 14.9. The van der Waals surface area contributed by atoms with Gasteiger partial charge in [0.2, 0.25) is 0 Å². The summed E-state index contributed by atoms with van der Waals surface area (Å²) in [5.74, 6) is -0.561. The average Bonchev–Trinajstić information content (AvgIpc) is 2.56. The number of carbonyl (C=O) groups is 1. The molecule has 0 heterocycles. The number of rotatable bonds is 5. The number of methoxy groups -OCH3 is 1. The molecule has 0 aliphatic heterocycles. The second-order valence-electron chi connectivity index (χ2n) is 5.85. The molecule has 2 rings (SSSR count). The molecule has 1 aliphatic rings. The van der Waals surface area contributed by atoms with Gasteiger partial charge in [0.25, 0.3) is 0 Å². The minimum absolute atomic E-state index is 0.0415. The predicted octanol–water partition coefficient (Wildman–Crippen LogP) is 4.14. The van der Waals surface area contributed by atoms with Crippen molar-refractivity contribution in [3.63, 3.8) is 0 Å². The summed E-state index contributed by atoms with van der Waals surface area (Å²) in [7, 11) is 1.41. The highest BCUT2D eigenvalue weighted by atomic mass is 79.9. The van der Waals surface area contributed by atoms with Crippen LogP contribution in [-0.4, -0.2) is 24.8 Å². The quantitative estimate of drug-likeness (QED) is 0.785. The van der Waals surface area contributed by atoms with Gasteiger partial charge in [0.15, 0.2) is 0 Å². The van der Waals surface area contributed by atoms with Crippen LogP contribution in [0.5, 0.6) is 0 Å². The van der Waals surface area contributed by atoms with Crippen molar-refractivity contribution in [2.24, 2.45) is 11.3 Å². The monoisotopic (exact) mass is 376 g/mol. The topological polar surface area (TPSA) is 46.5 Å². The first-order valence-corrected chi connectivity index (χ1v) is 8.29. The standard InChI is InChI=1S/C19H21BrO3/c1-19(11-4-3-5-17(19)18(22)23-2)12-10-15(13-21)14-6-8-16(20)9-7-14/h3-11,17,21H,12-13H2,1-2H3/b15-10+. The van der Waals surface area contributed by atoms with Crippen LogP contribution in [0.3, 0.4) is 0 Å². The first-order valence-electron chi connectivity index (χ1n) is 7.50. The molecule has 0 aromatic heterocycles. The second kappa shape index (κ2) is 7.75. The molecule has 0 saturated carbocycles. The van der Waals surface area contributed by atoms with Crippen LogP contribution in [0.1, 0.15) is 18.9 Å². The van der Waals surface area contributed by atoms with Gasteiger partial charge in [0.1, 0.15) is 0 Å². The number of esters is 1. The Morgan fingerprint density at radius 1 is 1.35 bits per heavy atom. The Labute approximate surface area is 145 Å². The molecule has 1 aromatic carbocycles. The molecule has 0 spiro atoms. The Kier molecular flexibility index (Phi) is 5.97. The Bertz CT molecular complexity index is 643. The first-order chi connectivity index (χ1) is 11.0. The largest absolute Gasteiger partial charge is 0.469 e. The van der Waals surface area contributed by atoms with E-state index in [1.54, 1.807) is 0 Å². The minimum Gasteiger partial charge on any atom is -0.469 e. The van der Waals surface area contributed by atoms with Crippen LogP contribution >= 0.6 is 15.9 Å². The molecular formula is C19H21BrO3. The van der Waals surface area contributed by atoms with E-state index in [1.165, 1.54) is 7.11 Å². The smallest absolute Gasteiger partial charge is 0.313 e. The van der Waals surface area contributed by atoms with Gasteiger partial charge in [-0.15, -0.1) is 0 Å². The van der Waals surface area contributed by atoms with Crippen LogP contribution in [0, 0.1) is 11.3 Å².